The van der Waals surface area contributed by atoms with E-state index in [9.17, 15) is 4.79 Å². The van der Waals surface area contributed by atoms with Crippen LogP contribution in [0.1, 0.15) is 26.2 Å². The highest BCUT2D eigenvalue weighted by molar-refractivity contribution is 5.75. The Kier molecular flexibility index (Phi) is 5.84. The van der Waals surface area contributed by atoms with Gasteiger partial charge in [0.1, 0.15) is 0 Å². The molecule has 0 aromatic carbocycles. The Morgan fingerprint density at radius 2 is 2.36 bits per heavy atom. The molecule has 0 fully saturated rings. The van der Waals surface area contributed by atoms with Crippen molar-refractivity contribution in [3.8, 4) is 0 Å². The van der Waals surface area contributed by atoms with Crippen LogP contribution in [0.25, 0.3) is 0 Å². The van der Waals surface area contributed by atoms with Gasteiger partial charge in [0.25, 0.3) is 0 Å². The highest BCUT2D eigenvalue weighted by Gasteiger charge is 2.00. The fourth-order valence-corrected chi connectivity index (χ4v) is 0.635. The first kappa shape index (κ1) is 10.4. The number of carbonyl (C=O) groups excluding carboxylic acids is 1. The third-order valence-corrected chi connectivity index (χ3v) is 1.25. The van der Waals surface area contributed by atoms with Crippen LogP contribution in [0.5, 0.6) is 0 Å². The van der Waals surface area contributed by atoms with Crippen LogP contribution >= 0.6 is 0 Å². The van der Waals surface area contributed by atoms with Gasteiger partial charge in [-0.25, -0.2) is 0 Å². The van der Waals surface area contributed by atoms with Crippen molar-refractivity contribution in [1.82, 2.24) is 5.32 Å². The molecule has 3 heteroatoms. The van der Waals surface area contributed by atoms with E-state index in [1.165, 1.54) is 0 Å². The van der Waals surface area contributed by atoms with Crippen LogP contribution in [0.2, 0.25) is 0 Å². The van der Waals surface area contributed by atoms with E-state index in [0.29, 0.717) is 13.0 Å². The molecule has 1 radical (unpaired) electrons. The molecule has 0 aromatic heterocycles. The van der Waals surface area contributed by atoms with Crippen LogP contribution in [0.3, 0.4) is 0 Å². The van der Waals surface area contributed by atoms with Gasteiger partial charge in [-0.2, -0.15) is 0 Å². The van der Waals surface area contributed by atoms with Gasteiger partial charge in [-0.05, 0) is 13.3 Å². The lowest BCUT2D eigenvalue weighted by Gasteiger charge is -2.05. The Bertz CT molecular complexity index is 113. The van der Waals surface area contributed by atoms with E-state index >= 15 is 0 Å². The molecule has 0 spiro atoms. The first-order chi connectivity index (χ1) is 5.16. The second kappa shape index (κ2) is 6.16. The highest BCUT2D eigenvalue weighted by Crippen LogP contribution is 1.92. The minimum absolute atomic E-state index is 0.00505. The number of carbonyl (C=O) groups is 1. The molecule has 1 amide bonds. The van der Waals surface area contributed by atoms with Gasteiger partial charge in [0.05, 0.1) is 6.10 Å². The zero-order valence-corrected chi connectivity index (χ0v) is 6.97. The van der Waals surface area contributed by atoms with Crippen molar-refractivity contribution < 1.29 is 9.90 Å². The number of nitrogens with one attached hydrogen (secondary N) is 1. The summed E-state index contributed by atoms with van der Waals surface area (Å²) in [4.78, 5) is 10.9. The summed E-state index contributed by atoms with van der Waals surface area (Å²) >= 11 is 0. The molecular formula is C8H16NO2. The summed E-state index contributed by atoms with van der Waals surface area (Å²) in [6, 6.07) is 0. The van der Waals surface area contributed by atoms with Gasteiger partial charge < -0.3 is 10.4 Å². The second-order valence-corrected chi connectivity index (χ2v) is 2.61. The fraction of sp³-hybridized carbons (Fsp3) is 0.750. The molecule has 1 atom stereocenters. The van der Waals surface area contributed by atoms with Gasteiger partial charge in [-0.1, -0.05) is 13.3 Å². The lowest BCUT2D eigenvalue weighted by molar-refractivity contribution is -0.121. The molecule has 2 N–H and O–H groups in total. The molecule has 3 nitrogen and oxygen atoms in total. The van der Waals surface area contributed by atoms with Crippen molar-refractivity contribution in [2.24, 2.45) is 0 Å². The maximum atomic E-state index is 10.9. The molecular weight excluding hydrogens is 142 g/mol. The van der Waals surface area contributed by atoms with Gasteiger partial charge in [0, 0.05) is 13.0 Å². The maximum Gasteiger partial charge on any atom is 0.220 e. The van der Waals surface area contributed by atoms with Gasteiger partial charge in [-0.15, -0.1) is 0 Å². The predicted octanol–water partition coefficient (Wildman–Crippen LogP) is 0.488. The zero-order chi connectivity index (χ0) is 8.69. The lowest BCUT2D eigenvalue weighted by atomic mass is 10.2. The Hall–Kier alpha value is -0.570. The van der Waals surface area contributed by atoms with Crippen LogP contribution < -0.4 is 5.32 Å². The van der Waals surface area contributed by atoms with E-state index in [2.05, 4.69) is 12.2 Å². The molecule has 0 unspecified atom stereocenters. The Balaban J connectivity index is 3.23. The van der Waals surface area contributed by atoms with Crippen molar-refractivity contribution in [2.75, 3.05) is 6.54 Å². The monoisotopic (exact) mass is 158 g/mol. The summed E-state index contributed by atoms with van der Waals surface area (Å²) in [5, 5.41) is 11.4. The van der Waals surface area contributed by atoms with E-state index in [4.69, 9.17) is 5.11 Å². The molecule has 0 saturated heterocycles. The predicted molar refractivity (Wildman–Crippen MR) is 43.9 cm³/mol. The Labute approximate surface area is 67.8 Å². The number of aliphatic hydroxyl groups excluding tert-OH is 1. The average molecular weight is 158 g/mol. The topological polar surface area (TPSA) is 49.3 Å². The van der Waals surface area contributed by atoms with Gasteiger partial charge in [0.2, 0.25) is 5.91 Å². The quantitative estimate of drug-likeness (QED) is 0.611. The summed E-state index contributed by atoms with van der Waals surface area (Å²) in [7, 11) is 0. The van der Waals surface area contributed by atoms with Crippen molar-refractivity contribution in [3.63, 3.8) is 0 Å². The van der Waals surface area contributed by atoms with Gasteiger partial charge in [0.15, 0.2) is 0 Å². The van der Waals surface area contributed by atoms with Crippen LogP contribution in [0.15, 0.2) is 0 Å². The van der Waals surface area contributed by atoms with Crippen molar-refractivity contribution in [3.05, 3.63) is 6.92 Å². The van der Waals surface area contributed by atoms with Crippen molar-refractivity contribution in [1.29, 1.82) is 0 Å². The smallest absolute Gasteiger partial charge is 0.220 e. The van der Waals surface area contributed by atoms with Crippen LogP contribution in [-0.2, 0) is 4.79 Å². The van der Waals surface area contributed by atoms with Crippen molar-refractivity contribution in [2.45, 2.75) is 32.3 Å². The number of hydrogen-bond acceptors (Lipinski definition) is 2. The molecule has 65 valence electrons. The zero-order valence-electron chi connectivity index (χ0n) is 6.97. The molecule has 0 aliphatic rings. The van der Waals surface area contributed by atoms with Gasteiger partial charge in [-0.3, -0.25) is 4.79 Å². The third kappa shape index (κ3) is 7.33. The third-order valence-electron chi connectivity index (χ3n) is 1.25. The van der Waals surface area contributed by atoms with Gasteiger partial charge >= 0.3 is 0 Å². The van der Waals surface area contributed by atoms with Crippen molar-refractivity contribution >= 4 is 5.91 Å². The maximum absolute atomic E-state index is 10.9. The highest BCUT2D eigenvalue weighted by atomic mass is 16.3. The average Bonchev–Trinajstić information content (AvgIpc) is 1.97. The molecule has 0 bridgehead atoms. The Morgan fingerprint density at radius 3 is 2.82 bits per heavy atom. The molecule has 0 rings (SSSR count). The standard InChI is InChI=1S/C8H16NO2/c1-3-4-5-8(11)9-6-7(2)10/h7,10H,1,3-6H2,2H3,(H,9,11)/t7-/m1/s1. The van der Waals surface area contributed by atoms with E-state index in [1.807, 2.05) is 0 Å². The minimum atomic E-state index is -0.460. The SMILES string of the molecule is [CH2]CCCC(=O)NC[C@@H](C)O. The number of aliphatic hydroxyl groups is 1. The van der Waals surface area contributed by atoms with Crippen LogP contribution in [0, 0.1) is 6.92 Å². The molecule has 0 aromatic rings. The minimum Gasteiger partial charge on any atom is -0.392 e. The molecule has 0 aliphatic heterocycles. The fourth-order valence-electron chi connectivity index (χ4n) is 0.635. The van der Waals surface area contributed by atoms with Crippen LogP contribution in [-0.4, -0.2) is 23.7 Å². The summed E-state index contributed by atoms with van der Waals surface area (Å²) in [6.07, 6.45) is 1.64. The molecule has 0 heterocycles. The number of hydrogen-bond donors (Lipinski definition) is 2. The normalized spacial score (nSPS) is 12.6. The summed E-state index contributed by atoms with van der Waals surface area (Å²) in [5.74, 6) is -0.00505. The number of unbranched alkanes of at least 4 members (excludes halogenated alkanes) is 1. The van der Waals surface area contributed by atoms with E-state index in [0.717, 1.165) is 12.8 Å². The van der Waals surface area contributed by atoms with E-state index in [-0.39, 0.29) is 5.91 Å². The molecule has 0 saturated carbocycles. The Morgan fingerprint density at radius 1 is 1.73 bits per heavy atom. The number of amides is 1. The largest absolute Gasteiger partial charge is 0.392 e. The lowest BCUT2D eigenvalue weighted by Crippen LogP contribution is -2.30. The van der Waals surface area contributed by atoms with Crippen LogP contribution in [0.4, 0.5) is 0 Å². The van der Waals surface area contributed by atoms with E-state index < -0.39 is 6.10 Å². The summed E-state index contributed by atoms with van der Waals surface area (Å²) in [6.45, 7) is 5.61. The molecule has 11 heavy (non-hydrogen) atoms. The first-order valence-electron chi connectivity index (χ1n) is 3.91. The second-order valence-electron chi connectivity index (χ2n) is 2.61. The first-order valence-corrected chi connectivity index (χ1v) is 3.91. The summed E-state index contributed by atoms with van der Waals surface area (Å²) in [5.41, 5.74) is 0. The number of rotatable bonds is 5. The molecule has 0 aliphatic carbocycles. The van der Waals surface area contributed by atoms with E-state index in [1.54, 1.807) is 6.92 Å². The summed E-state index contributed by atoms with van der Waals surface area (Å²) < 4.78 is 0.